The molecule has 0 spiro atoms. The molecule has 4 heteroatoms. The van der Waals surface area contributed by atoms with Crippen molar-refractivity contribution in [3.63, 3.8) is 0 Å². The molecule has 90 valence electrons. The summed E-state index contributed by atoms with van der Waals surface area (Å²) in [7, 11) is 0. The van der Waals surface area contributed by atoms with E-state index in [4.69, 9.17) is 5.11 Å². The van der Waals surface area contributed by atoms with Crippen LogP contribution < -0.4 is 0 Å². The summed E-state index contributed by atoms with van der Waals surface area (Å²) in [5.41, 5.74) is 2.39. The summed E-state index contributed by atoms with van der Waals surface area (Å²) in [4.78, 5) is 0. The van der Waals surface area contributed by atoms with Crippen LogP contribution in [0.5, 0.6) is 0 Å². The van der Waals surface area contributed by atoms with Crippen LogP contribution in [0.4, 0.5) is 0 Å². The largest absolute Gasteiger partial charge is 0.396 e. The average molecular weight is 248 g/mol. The standard InChI is InChI=1S/C13H16N2OS/c16-9-2-10-17-11-12-3-5-13(6-4-12)15-8-1-7-14-15/h1,3-8,16H,2,9-11H2. The lowest BCUT2D eigenvalue weighted by molar-refractivity contribution is 0.296. The van der Waals surface area contributed by atoms with Gasteiger partial charge in [-0.25, -0.2) is 4.68 Å². The molecule has 0 saturated carbocycles. The maximum absolute atomic E-state index is 8.68. The van der Waals surface area contributed by atoms with Crippen molar-refractivity contribution < 1.29 is 5.11 Å². The van der Waals surface area contributed by atoms with Crippen molar-refractivity contribution in [1.82, 2.24) is 9.78 Å². The zero-order valence-electron chi connectivity index (χ0n) is 9.62. The lowest BCUT2D eigenvalue weighted by atomic mass is 10.2. The van der Waals surface area contributed by atoms with Gasteiger partial charge in [-0.3, -0.25) is 0 Å². The molecule has 1 heterocycles. The van der Waals surface area contributed by atoms with Gasteiger partial charge in [0.1, 0.15) is 0 Å². The third-order valence-corrected chi connectivity index (χ3v) is 3.54. The molecule has 2 rings (SSSR count). The summed E-state index contributed by atoms with van der Waals surface area (Å²) in [6.45, 7) is 0.283. The number of aliphatic hydroxyl groups is 1. The Labute approximate surface area is 105 Å². The summed E-state index contributed by atoms with van der Waals surface area (Å²) in [6, 6.07) is 10.3. The fourth-order valence-corrected chi connectivity index (χ4v) is 2.43. The molecule has 2 aromatic rings. The Morgan fingerprint density at radius 3 is 2.71 bits per heavy atom. The van der Waals surface area contributed by atoms with E-state index in [2.05, 4.69) is 29.4 Å². The smallest absolute Gasteiger partial charge is 0.0645 e. The van der Waals surface area contributed by atoms with Crippen LogP contribution in [0.3, 0.4) is 0 Å². The number of hydrogen-bond acceptors (Lipinski definition) is 3. The molecular weight excluding hydrogens is 232 g/mol. The quantitative estimate of drug-likeness (QED) is 0.798. The van der Waals surface area contributed by atoms with Gasteiger partial charge < -0.3 is 5.11 Å². The van der Waals surface area contributed by atoms with Gasteiger partial charge >= 0.3 is 0 Å². The predicted molar refractivity (Wildman–Crippen MR) is 71.4 cm³/mol. The topological polar surface area (TPSA) is 38.0 Å². The Balaban J connectivity index is 1.90. The molecule has 0 atom stereocenters. The van der Waals surface area contributed by atoms with Crippen molar-refractivity contribution >= 4 is 11.8 Å². The van der Waals surface area contributed by atoms with E-state index in [1.54, 1.807) is 6.20 Å². The van der Waals surface area contributed by atoms with E-state index >= 15 is 0 Å². The number of aliphatic hydroxyl groups excluding tert-OH is 1. The highest BCUT2D eigenvalue weighted by atomic mass is 32.2. The number of aromatic nitrogens is 2. The van der Waals surface area contributed by atoms with Crippen LogP contribution in [0.1, 0.15) is 12.0 Å². The van der Waals surface area contributed by atoms with Crippen molar-refractivity contribution in [2.75, 3.05) is 12.4 Å². The van der Waals surface area contributed by atoms with Crippen molar-refractivity contribution in [2.24, 2.45) is 0 Å². The van der Waals surface area contributed by atoms with Crippen molar-refractivity contribution in [1.29, 1.82) is 0 Å². The lowest BCUT2D eigenvalue weighted by Crippen LogP contribution is -1.94. The first kappa shape index (κ1) is 12.2. The minimum Gasteiger partial charge on any atom is -0.396 e. The highest BCUT2D eigenvalue weighted by Gasteiger charge is 1.97. The summed E-state index contributed by atoms with van der Waals surface area (Å²) in [5, 5.41) is 12.9. The van der Waals surface area contributed by atoms with E-state index in [-0.39, 0.29) is 6.61 Å². The Hall–Kier alpha value is -1.26. The number of rotatable bonds is 6. The Bertz CT molecular complexity index is 425. The first-order valence-electron chi connectivity index (χ1n) is 5.68. The SMILES string of the molecule is OCCCSCc1ccc(-n2cccn2)cc1. The highest BCUT2D eigenvalue weighted by molar-refractivity contribution is 7.98. The van der Waals surface area contributed by atoms with Gasteiger partial charge in [0.15, 0.2) is 0 Å². The number of benzene rings is 1. The zero-order valence-corrected chi connectivity index (χ0v) is 10.4. The minimum atomic E-state index is 0.283. The third-order valence-electron chi connectivity index (χ3n) is 2.42. The van der Waals surface area contributed by atoms with E-state index in [9.17, 15) is 0 Å². The normalized spacial score (nSPS) is 10.6. The van der Waals surface area contributed by atoms with E-state index in [1.807, 2.05) is 28.7 Å². The van der Waals surface area contributed by atoms with Gasteiger partial charge in [0, 0.05) is 24.8 Å². The number of hydrogen-bond donors (Lipinski definition) is 1. The maximum atomic E-state index is 8.68. The molecule has 0 saturated heterocycles. The van der Waals surface area contributed by atoms with Crippen LogP contribution in [0.15, 0.2) is 42.7 Å². The average Bonchev–Trinajstić information content (AvgIpc) is 2.89. The highest BCUT2D eigenvalue weighted by Crippen LogP contribution is 2.15. The molecule has 0 unspecified atom stereocenters. The molecule has 3 nitrogen and oxygen atoms in total. The minimum absolute atomic E-state index is 0.283. The van der Waals surface area contributed by atoms with Crippen LogP contribution >= 0.6 is 11.8 Å². The Kier molecular flexibility index (Phi) is 4.64. The molecule has 1 aromatic carbocycles. The van der Waals surface area contributed by atoms with Gasteiger partial charge in [-0.1, -0.05) is 12.1 Å². The van der Waals surface area contributed by atoms with Crippen molar-refractivity contribution in [2.45, 2.75) is 12.2 Å². The molecule has 0 aliphatic carbocycles. The van der Waals surface area contributed by atoms with Gasteiger partial charge in [0.05, 0.1) is 5.69 Å². The molecule has 1 aromatic heterocycles. The summed E-state index contributed by atoms with van der Waals surface area (Å²) in [5.74, 6) is 2.01. The van der Waals surface area contributed by atoms with Gasteiger partial charge in [0.2, 0.25) is 0 Å². The second kappa shape index (κ2) is 6.47. The fourth-order valence-electron chi connectivity index (χ4n) is 1.52. The summed E-state index contributed by atoms with van der Waals surface area (Å²) in [6.07, 6.45) is 4.58. The van der Waals surface area contributed by atoms with Gasteiger partial charge in [-0.2, -0.15) is 16.9 Å². The van der Waals surface area contributed by atoms with Crippen LogP contribution in [0, 0.1) is 0 Å². The summed E-state index contributed by atoms with van der Waals surface area (Å²) >= 11 is 1.85. The number of nitrogens with zero attached hydrogens (tertiary/aromatic N) is 2. The number of thioether (sulfide) groups is 1. The first-order valence-corrected chi connectivity index (χ1v) is 6.83. The van der Waals surface area contributed by atoms with Gasteiger partial charge in [-0.15, -0.1) is 0 Å². The van der Waals surface area contributed by atoms with E-state index in [0.717, 1.165) is 23.6 Å². The summed E-state index contributed by atoms with van der Waals surface area (Å²) < 4.78 is 1.85. The molecule has 0 amide bonds. The van der Waals surface area contributed by atoms with Crippen molar-refractivity contribution in [3.8, 4) is 5.69 Å². The maximum Gasteiger partial charge on any atom is 0.0645 e. The fraction of sp³-hybridized carbons (Fsp3) is 0.308. The van der Waals surface area contributed by atoms with Gasteiger partial charge in [0.25, 0.3) is 0 Å². The molecule has 0 aliphatic heterocycles. The second-order valence-corrected chi connectivity index (χ2v) is 4.85. The molecule has 17 heavy (non-hydrogen) atoms. The third kappa shape index (κ3) is 3.61. The van der Waals surface area contributed by atoms with Crippen molar-refractivity contribution in [3.05, 3.63) is 48.3 Å². The predicted octanol–water partition coefficient (Wildman–Crippen LogP) is 2.49. The molecule has 1 N–H and O–H groups in total. The lowest BCUT2D eigenvalue weighted by Gasteiger charge is -2.04. The molecule has 0 aliphatic rings. The van der Waals surface area contributed by atoms with Crippen LogP contribution in [0.2, 0.25) is 0 Å². The Morgan fingerprint density at radius 1 is 1.24 bits per heavy atom. The van der Waals surface area contributed by atoms with Crippen LogP contribution in [0.25, 0.3) is 5.69 Å². The van der Waals surface area contributed by atoms with E-state index in [0.29, 0.717) is 0 Å². The van der Waals surface area contributed by atoms with E-state index < -0.39 is 0 Å². The molecule has 0 radical (unpaired) electrons. The van der Waals surface area contributed by atoms with Crippen LogP contribution in [-0.4, -0.2) is 27.2 Å². The first-order chi connectivity index (χ1) is 8.40. The van der Waals surface area contributed by atoms with Gasteiger partial charge in [-0.05, 0) is 35.9 Å². The second-order valence-electron chi connectivity index (χ2n) is 3.75. The molecular formula is C13H16N2OS. The zero-order chi connectivity index (χ0) is 11.9. The monoisotopic (exact) mass is 248 g/mol. The van der Waals surface area contributed by atoms with Crippen LogP contribution in [-0.2, 0) is 5.75 Å². The molecule has 0 bridgehead atoms. The molecule has 0 fully saturated rings. The van der Waals surface area contributed by atoms with E-state index in [1.165, 1.54) is 5.56 Å². The Morgan fingerprint density at radius 2 is 2.06 bits per heavy atom.